The van der Waals surface area contributed by atoms with E-state index < -0.39 is 5.97 Å². The molecule has 0 aromatic carbocycles. The van der Waals surface area contributed by atoms with Crippen LogP contribution in [0.25, 0.3) is 0 Å². The summed E-state index contributed by atoms with van der Waals surface area (Å²) in [7, 11) is 3.14. The van der Waals surface area contributed by atoms with E-state index in [-0.39, 0.29) is 5.91 Å². The normalized spacial score (nSPS) is 15.4. The summed E-state index contributed by atoms with van der Waals surface area (Å²) in [5, 5.41) is 5.02. The van der Waals surface area contributed by atoms with Gasteiger partial charge in [-0.3, -0.25) is 19.4 Å². The first-order chi connectivity index (χ1) is 13.4. The van der Waals surface area contributed by atoms with Crippen LogP contribution < -0.4 is 0 Å². The molecule has 2 aromatic heterocycles. The summed E-state index contributed by atoms with van der Waals surface area (Å²) in [4.78, 5) is 32.5. The van der Waals surface area contributed by atoms with Gasteiger partial charge < -0.3 is 9.64 Å². The fraction of sp³-hybridized carbons (Fsp3) is 0.474. The highest BCUT2D eigenvalue weighted by molar-refractivity contribution is 6.30. The van der Waals surface area contributed by atoms with Gasteiger partial charge in [0.15, 0.2) is 0 Å². The number of pyridine rings is 1. The van der Waals surface area contributed by atoms with Gasteiger partial charge in [-0.2, -0.15) is 5.10 Å². The molecule has 0 saturated carbocycles. The topological polar surface area (TPSA) is 80.6 Å². The highest BCUT2D eigenvalue weighted by Crippen LogP contribution is 2.21. The zero-order valence-corrected chi connectivity index (χ0v) is 17.1. The third-order valence-electron chi connectivity index (χ3n) is 4.93. The minimum absolute atomic E-state index is 0.131. The number of nitrogens with zero attached hydrogens (tertiary/aromatic N) is 5. The van der Waals surface area contributed by atoms with Crippen LogP contribution in [0, 0.1) is 6.92 Å². The van der Waals surface area contributed by atoms with Crippen molar-refractivity contribution in [3.05, 3.63) is 46.0 Å². The van der Waals surface area contributed by atoms with E-state index in [2.05, 4.69) is 19.7 Å². The smallest absolute Gasteiger partial charge is 0.339 e. The van der Waals surface area contributed by atoms with Gasteiger partial charge in [-0.25, -0.2) is 4.79 Å². The Kier molecular flexibility index (Phi) is 6.31. The van der Waals surface area contributed by atoms with Crippen molar-refractivity contribution in [2.75, 3.05) is 33.3 Å². The molecule has 1 amide bonds. The lowest BCUT2D eigenvalue weighted by atomic mass is 10.2. The van der Waals surface area contributed by atoms with Crippen molar-refractivity contribution >= 4 is 23.5 Å². The quantitative estimate of drug-likeness (QED) is 0.723. The molecule has 1 aliphatic heterocycles. The Balaban J connectivity index is 1.63. The molecule has 1 fully saturated rings. The summed E-state index contributed by atoms with van der Waals surface area (Å²) < 4.78 is 6.34. The van der Waals surface area contributed by atoms with Gasteiger partial charge in [-0.1, -0.05) is 11.6 Å². The Morgan fingerprint density at radius 3 is 2.61 bits per heavy atom. The second-order valence-electron chi connectivity index (χ2n) is 6.82. The molecule has 3 heterocycles. The highest BCUT2D eigenvalue weighted by Gasteiger charge is 2.23. The minimum atomic E-state index is -0.471. The predicted molar refractivity (Wildman–Crippen MR) is 104 cm³/mol. The van der Waals surface area contributed by atoms with Crippen LogP contribution in [-0.2, 0) is 18.3 Å². The van der Waals surface area contributed by atoms with E-state index in [1.807, 2.05) is 14.0 Å². The lowest BCUT2D eigenvalue weighted by molar-refractivity contribution is 0.0599. The van der Waals surface area contributed by atoms with Crippen LogP contribution in [0.15, 0.2) is 18.3 Å². The number of carbonyl (C=O) groups excluding carboxylic acids is 2. The Morgan fingerprint density at radius 2 is 2.00 bits per heavy atom. The Labute approximate surface area is 169 Å². The van der Waals surface area contributed by atoms with Gasteiger partial charge in [0.05, 0.1) is 18.4 Å². The molecule has 3 rings (SSSR count). The molecule has 0 radical (unpaired) electrons. The van der Waals surface area contributed by atoms with Crippen LogP contribution in [0.3, 0.4) is 0 Å². The fourth-order valence-electron chi connectivity index (χ4n) is 3.33. The number of halogens is 1. The number of hydrogen-bond acceptors (Lipinski definition) is 6. The Morgan fingerprint density at radius 1 is 1.21 bits per heavy atom. The number of aryl methyl sites for hydroxylation is 2. The van der Waals surface area contributed by atoms with Crippen molar-refractivity contribution in [2.45, 2.75) is 19.9 Å². The van der Waals surface area contributed by atoms with Gasteiger partial charge >= 0.3 is 5.97 Å². The monoisotopic (exact) mass is 405 g/mol. The van der Waals surface area contributed by atoms with Crippen molar-refractivity contribution in [2.24, 2.45) is 7.05 Å². The number of rotatable bonds is 4. The molecule has 2 aromatic rings. The number of ether oxygens (including phenoxy) is 1. The Hall–Kier alpha value is -2.45. The number of hydrogen-bond donors (Lipinski definition) is 0. The van der Waals surface area contributed by atoms with Crippen LogP contribution in [0.2, 0.25) is 5.15 Å². The lowest BCUT2D eigenvalue weighted by Crippen LogP contribution is -2.35. The van der Waals surface area contributed by atoms with Gasteiger partial charge in [0.1, 0.15) is 10.8 Å². The molecular formula is C19H24ClN5O3. The van der Waals surface area contributed by atoms with Gasteiger partial charge in [-0.05, 0) is 25.5 Å². The molecular weight excluding hydrogens is 382 g/mol. The number of amides is 1. The molecule has 0 spiro atoms. The molecule has 28 heavy (non-hydrogen) atoms. The summed E-state index contributed by atoms with van der Waals surface area (Å²) in [5.41, 5.74) is 2.61. The molecule has 8 nitrogen and oxygen atoms in total. The van der Waals surface area contributed by atoms with Gasteiger partial charge in [-0.15, -0.1) is 0 Å². The van der Waals surface area contributed by atoms with Gasteiger partial charge in [0, 0.05) is 51.5 Å². The minimum Gasteiger partial charge on any atom is -0.465 e. The van der Waals surface area contributed by atoms with Crippen molar-refractivity contribution < 1.29 is 14.3 Å². The molecule has 0 N–H and O–H groups in total. The molecule has 0 unspecified atom stereocenters. The average Bonchev–Trinajstić information content (AvgIpc) is 2.87. The maximum Gasteiger partial charge on any atom is 0.339 e. The molecule has 150 valence electrons. The summed E-state index contributed by atoms with van der Waals surface area (Å²) in [6.07, 6.45) is 2.24. The lowest BCUT2D eigenvalue weighted by Gasteiger charge is -2.22. The van der Waals surface area contributed by atoms with Gasteiger partial charge in [0.25, 0.3) is 5.91 Å². The second kappa shape index (κ2) is 8.70. The molecule has 0 bridgehead atoms. The van der Waals surface area contributed by atoms with E-state index >= 15 is 0 Å². The van der Waals surface area contributed by atoms with Crippen molar-refractivity contribution in [1.29, 1.82) is 0 Å². The zero-order chi connectivity index (χ0) is 20.3. The van der Waals surface area contributed by atoms with Crippen molar-refractivity contribution in [3.8, 4) is 0 Å². The van der Waals surface area contributed by atoms with E-state index in [1.54, 1.807) is 21.7 Å². The number of carbonyl (C=O) groups is 2. The van der Waals surface area contributed by atoms with E-state index in [1.165, 1.54) is 13.3 Å². The second-order valence-corrected chi connectivity index (χ2v) is 7.18. The first-order valence-electron chi connectivity index (χ1n) is 9.14. The maximum absolute atomic E-state index is 12.8. The standard InChI is InChI=1S/C19H24ClN5O3/c1-13-15(17(20)23(2)22-13)12-24-7-4-8-25(10-9-24)18(26)16-6-5-14(11-21-16)19(27)28-3/h5-6,11H,4,7-10,12H2,1-3H3. The molecule has 9 heteroatoms. The molecule has 0 aliphatic carbocycles. The summed E-state index contributed by atoms with van der Waals surface area (Å²) in [6, 6.07) is 3.12. The highest BCUT2D eigenvalue weighted by atomic mass is 35.5. The average molecular weight is 406 g/mol. The zero-order valence-electron chi connectivity index (χ0n) is 16.3. The Bertz CT molecular complexity index is 865. The number of methoxy groups -OCH3 is 1. The van der Waals surface area contributed by atoms with Crippen molar-refractivity contribution in [1.82, 2.24) is 24.6 Å². The van der Waals surface area contributed by atoms with E-state index in [4.69, 9.17) is 11.6 Å². The van der Waals surface area contributed by atoms with E-state index in [9.17, 15) is 9.59 Å². The van der Waals surface area contributed by atoms with E-state index in [0.29, 0.717) is 36.0 Å². The predicted octanol–water partition coefficient (Wildman–Crippen LogP) is 1.91. The van der Waals surface area contributed by atoms with Crippen molar-refractivity contribution in [3.63, 3.8) is 0 Å². The van der Waals surface area contributed by atoms with Crippen LogP contribution in [0.1, 0.15) is 38.5 Å². The van der Waals surface area contributed by atoms with Crippen LogP contribution in [0.5, 0.6) is 0 Å². The summed E-state index contributed by atoms with van der Waals surface area (Å²) >= 11 is 6.35. The largest absolute Gasteiger partial charge is 0.465 e. The first kappa shape index (κ1) is 20.3. The first-order valence-corrected chi connectivity index (χ1v) is 9.52. The maximum atomic E-state index is 12.8. The molecule has 0 atom stereocenters. The number of esters is 1. The fourth-order valence-corrected chi connectivity index (χ4v) is 3.56. The SMILES string of the molecule is COC(=O)c1ccc(C(=O)N2CCCN(Cc3c(C)nn(C)c3Cl)CC2)nc1. The third kappa shape index (κ3) is 4.34. The molecule has 1 aliphatic rings. The third-order valence-corrected chi connectivity index (χ3v) is 5.40. The van der Waals surface area contributed by atoms with Gasteiger partial charge in [0.2, 0.25) is 0 Å². The van der Waals surface area contributed by atoms with E-state index in [0.717, 1.165) is 30.8 Å². The summed E-state index contributed by atoms with van der Waals surface area (Å²) in [5.74, 6) is -0.602. The number of aromatic nitrogens is 3. The van der Waals surface area contributed by atoms with Crippen LogP contribution in [-0.4, -0.2) is 69.7 Å². The van der Waals surface area contributed by atoms with Crippen LogP contribution in [0.4, 0.5) is 0 Å². The van der Waals surface area contributed by atoms with Crippen LogP contribution >= 0.6 is 11.6 Å². The summed E-state index contributed by atoms with van der Waals surface area (Å²) in [6.45, 7) is 5.57. The molecule has 1 saturated heterocycles.